The number of aldehydes is 1. The molecule has 3 fully saturated rings. The first kappa shape index (κ1) is 24.8. The van der Waals surface area contributed by atoms with Crippen LogP contribution in [-0.2, 0) is 28.6 Å². The van der Waals surface area contributed by atoms with Crippen LogP contribution < -0.4 is 0 Å². The number of hydrogen-bond donors (Lipinski definition) is 2. The van der Waals surface area contributed by atoms with Gasteiger partial charge in [-0.2, -0.15) is 0 Å². The smallest absolute Gasteiger partial charge is 0.303 e. The van der Waals surface area contributed by atoms with Crippen molar-refractivity contribution in [3.05, 3.63) is 22.8 Å². The number of esters is 1. The molecule has 3 aliphatic carbocycles. The van der Waals surface area contributed by atoms with Crippen molar-refractivity contribution in [1.82, 2.24) is 0 Å². The van der Waals surface area contributed by atoms with Gasteiger partial charge in [0.2, 0.25) is 5.78 Å². The fourth-order valence-corrected chi connectivity index (χ4v) is 7.81. The summed E-state index contributed by atoms with van der Waals surface area (Å²) in [5, 5.41) is 23.5. The number of ketones is 1. The van der Waals surface area contributed by atoms with E-state index < -0.39 is 53.3 Å². The highest BCUT2D eigenvalue weighted by molar-refractivity contribution is 5.96. The zero-order chi connectivity index (χ0) is 25.5. The molecule has 2 saturated heterocycles. The van der Waals surface area contributed by atoms with E-state index in [1.807, 2.05) is 6.92 Å². The molecule has 0 spiro atoms. The van der Waals surface area contributed by atoms with Gasteiger partial charge in [0.15, 0.2) is 18.0 Å². The Labute approximate surface area is 205 Å². The molecule has 0 aromatic carbocycles. The minimum absolute atomic E-state index is 0.0468. The van der Waals surface area contributed by atoms with Gasteiger partial charge in [-0.05, 0) is 48.7 Å². The maximum atomic E-state index is 13.5. The van der Waals surface area contributed by atoms with Gasteiger partial charge in [-0.25, -0.2) is 0 Å². The van der Waals surface area contributed by atoms with Gasteiger partial charge in [0.1, 0.15) is 6.29 Å². The molecule has 8 nitrogen and oxygen atoms in total. The van der Waals surface area contributed by atoms with Gasteiger partial charge in [0, 0.05) is 18.3 Å². The maximum absolute atomic E-state index is 13.5. The number of aliphatic hydroxyl groups is 2. The summed E-state index contributed by atoms with van der Waals surface area (Å²) in [6, 6.07) is 0. The van der Waals surface area contributed by atoms with Crippen LogP contribution in [0.2, 0.25) is 0 Å². The molecular formula is C27H36O8. The van der Waals surface area contributed by atoms with E-state index in [1.54, 1.807) is 0 Å². The normalized spacial score (nSPS) is 46.9. The lowest BCUT2D eigenvalue weighted by molar-refractivity contribution is -0.244. The summed E-state index contributed by atoms with van der Waals surface area (Å²) < 4.78 is 17.2. The quantitative estimate of drug-likeness (QED) is 0.353. The molecule has 35 heavy (non-hydrogen) atoms. The van der Waals surface area contributed by atoms with Crippen molar-refractivity contribution in [3.8, 4) is 0 Å². The fourth-order valence-electron chi connectivity index (χ4n) is 7.81. The van der Waals surface area contributed by atoms with Crippen LogP contribution >= 0.6 is 0 Å². The van der Waals surface area contributed by atoms with Crippen molar-refractivity contribution in [2.45, 2.75) is 90.5 Å². The zero-order valence-electron chi connectivity index (χ0n) is 21.1. The summed E-state index contributed by atoms with van der Waals surface area (Å²) >= 11 is 0. The van der Waals surface area contributed by atoms with Gasteiger partial charge >= 0.3 is 5.97 Å². The molecule has 0 unspecified atom stereocenters. The third-order valence-corrected chi connectivity index (χ3v) is 9.53. The topological polar surface area (TPSA) is 119 Å². The van der Waals surface area contributed by atoms with Crippen LogP contribution in [0.4, 0.5) is 0 Å². The lowest BCUT2D eigenvalue weighted by atomic mass is 9.52. The summed E-state index contributed by atoms with van der Waals surface area (Å²) in [6.45, 7) is 9.59. The molecule has 0 radical (unpaired) electrons. The van der Waals surface area contributed by atoms with Crippen molar-refractivity contribution in [1.29, 1.82) is 0 Å². The van der Waals surface area contributed by atoms with E-state index in [-0.39, 0.29) is 23.5 Å². The molecule has 1 saturated carbocycles. The third kappa shape index (κ3) is 3.29. The van der Waals surface area contributed by atoms with E-state index in [0.717, 1.165) is 19.3 Å². The number of ether oxygens (including phenoxy) is 3. The van der Waals surface area contributed by atoms with Crippen molar-refractivity contribution >= 4 is 18.0 Å². The molecule has 2 heterocycles. The first-order valence-electron chi connectivity index (χ1n) is 12.7. The first-order valence-corrected chi connectivity index (χ1v) is 12.7. The highest BCUT2D eigenvalue weighted by atomic mass is 16.7. The van der Waals surface area contributed by atoms with Crippen LogP contribution in [0.3, 0.4) is 0 Å². The third-order valence-electron chi connectivity index (χ3n) is 9.53. The average Bonchev–Trinajstić information content (AvgIpc) is 3.27. The number of carbonyl (C=O) groups excluding carboxylic acids is 3. The molecule has 5 rings (SSSR count). The van der Waals surface area contributed by atoms with Crippen LogP contribution in [0.25, 0.3) is 0 Å². The molecule has 0 amide bonds. The van der Waals surface area contributed by atoms with Gasteiger partial charge in [0.25, 0.3) is 0 Å². The second-order valence-corrected chi connectivity index (χ2v) is 11.9. The number of rotatable bonds is 3. The number of aliphatic hydroxyl groups excluding tert-OH is 1. The van der Waals surface area contributed by atoms with Gasteiger partial charge < -0.3 is 24.4 Å². The Morgan fingerprint density at radius 2 is 1.94 bits per heavy atom. The Morgan fingerprint density at radius 1 is 1.23 bits per heavy atom. The molecule has 0 aromatic rings. The predicted molar refractivity (Wildman–Crippen MR) is 124 cm³/mol. The largest absolute Gasteiger partial charge is 0.452 e. The Balaban J connectivity index is 1.66. The molecule has 0 bridgehead atoms. The van der Waals surface area contributed by atoms with Gasteiger partial charge in [0.05, 0.1) is 24.7 Å². The van der Waals surface area contributed by atoms with Crippen LogP contribution in [0.5, 0.6) is 0 Å². The fraction of sp³-hybridized carbons (Fsp3) is 0.741. The molecule has 5 aliphatic rings. The summed E-state index contributed by atoms with van der Waals surface area (Å²) in [7, 11) is 0. The number of fused-ring (bicyclic) bond motifs is 7. The summed E-state index contributed by atoms with van der Waals surface area (Å²) in [5.41, 5.74) is -0.216. The van der Waals surface area contributed by atoms with Crippen LogP contribution in [0, 0.1) is 28.6 Å². The van der Waals surface area contributed by atoms with Crippen molar-refractivity contribution in [3.63, 3.8) is 0 Å². The first-order chi connectivity index (χ1) is 16.4. The predicted octanol–water partition coefficient (Wildman–Crippen LogP) is 2.26. The van der Waals surface area contributed by atoms with E-state index in [4.69, 9.17) is 14.2 Å². The van der Waals surface area contributed by atoms with Gasteiger partial charge in [-0.3, -0.25) is 14.4 Å². The Bertz CT molecular complexity index is 1030. The Kier molecular flexibility index (Phi) is 5.72. The monoisotopic (exact) mass is 488 g/mol. The molecule has 192 valence electrons. The summed E-state index contributed by atoms with van der Waals surface area (Å²) in [5.74, 6) is -2.45. The highest BCUT2D eigenvalue weighted by Gasteiger charge is 2.72. The molecule has 0 aromatic heterocycles. The molecule has 9 atom stereocenters. The molecule has 8 heteroatoms. The van der Waals surface area contributed by atoms with Gasteiger partial charge in [-0.1, -0.05) is 38.8 Å². The van der Waals surface area contributed by atoms with E-state index in [2.05, 4.69) is 20.8 Å². The summed E-state index contributed by atoms with van der Waals surface area (Å²) in [6.07, 6.45) is 1.38. The SMILES string of the molecule is CC(=O)O[C@@H]1CO[C@@H]2O[C@H]3[C@@H](C(C=O)=C[C@@H](O)[C@H]4C5=C(C(C)C)CC[C@@]5(C)CC[C@]43C)[C@@]2(O)C1=O. The Hall–Kier alpha value is -1.87. The van der Waals surface area contributed by atoms with Crippen molar-refractivity contribution in [2.24, 2.45) is 28.6 Å². The van der Waals surface area contributed by atoms with E-state index in [0.29, 0.717) is 18.6 Å². The van der Waals surface area contributed by atoms with Crippen LogP contribution in [0.15, 0.2) is 22.8 Å². The van der Waals surface area contributed by atoms with Crippen LogP contribution in [-0.4, -0.2) is 65.1 Å². The van der Waals surface area contributed by atoms with E-state index in [1.165, 1.54) is 24.1 Å². The summed E-state index contributed by atoms with van der Waals surface area (Å²) in [4.78, 5) is 37.4. The molecule has 2 aliphatic heterocycles. The highest BCUT2D eigenvalue weighted by Crippen LogP contribution is 2.66. The second-order valence-electron chi connectivity index (χ2n) is 11.9. The maximum Gasteiger partial charge on any atom is 0.303 e. The minimum atomic E-state index is -2.21. The zero-order valence-corrected chi connectivity index (χ0v) is 21.1. The number of Topliss-reactive ketones (excluding diaryl/α,β-unsaturated/α-hetero) is 1. The lowest BCUT2D eigenvalue weighted by Gasteiger charge is -2.53. The number of carbonyl (C=O) groups is 3. The van der Waals surface area contributed by atoms with E-state index in [9.17, 15) is 24.6 Å². The lowest BCUT2D eigenvalue weighted by Crippen LogP contribution is -2.62. The molecular weight excluding hydrogens is 452 g/mol. The Morgan fingerprint density at radius 3 is 2.57 bits per heavy atom. The van der Waals surface area contributed by atoms with Crippen molar-refractivity contribution in [2.75, 3.05) is 6.61 Å². The van der Waals surface area contributed by atoms with Gasteiger partial charge in [-0.15, -0.1) is 0 Å². The molecule has 2 N–H and O–H groups in total. The number of allylic oxidation sites excluding steroid dienone is 1. The second kappa shape index (κ2) is 8.07. The van der Waals surface area contributed by atoms with Crippen LogP contribution in [0.1, 0.15) is 60.3 Å². The standard InChI is InChI=1S/C27H36O8/c1-13(2)16-6-7-25(4)8-9-26(5)21(20(16)25)17(30)10-15(11-28)19-23(26)35-24-27(19,32)22(31)18(12-33-24)34-14(3)29/h10-11,13,17-19,21,23-24,30,32H,6-9,12H2,1-5H3/t17-,18-,19-,21+,23+,24-,25+,26-,27-/m1/s1. The van der Waals surface area contributed by atoms with Crippen molar-refractivity contribution < 1.29 is 38.8 Å². The number of hydrogen-bond acceptors (Lipinski definition) is 8. The minimum Gasteiger partial charge on any atom is -0.452 e. The average molecular weight is 489 g/mol. The van der Waals surface area contributed by atoms with E-state index >= 15 is 0 Å².